The second-order valence-corrected chi connectivity index (χ2v) is 7.23. The number of likely N-dealkylation sites (tertiary alicyclic amines) is 1. The number of nitrogens with one attached hydrogen (secondary N) is 1. The Balaban J connectivity index is 0.00000280. The van der Waals surface area contributed by atoms with Gasteiger partial charge in [0.1, 0.15) is 0 Å². The second kappa shape index (κ2) is 12.6. The highest BCUT2D eigenvalue weighted by Gasteiger charge is 2.23. The SMILES string of the molecule is CCNC(=NCCc1nc(C)no1)N1CCC(OCC2CCCCO2)CC1.I. The van der Waals surface area contributed by atoms with Crippen molar-refractivity contribution in [2.45, 2.75) is 64.6 Å². The molecule has 8 nitrogen and oxygen atoms in total. The minimum Gasteiger partial charge on any atom is -0.376 e. The molecule has 1 unspecified atom stereocenters. The summed E-state index contributed by atoms with van der Waals surface area (Å²) in [6.45, 7) is 8.96. The lowest BCUT2D eigenvalue weighted by atomic mass is 10.1. The van der Waals surface area contributed by atoms with Crippen LogP contribution in [0.2, 0.25) is 0 Å². The molecule has 0 saturated carbocycles. The average molecular weight is 507 g/mol. The first kappa shape index (κ1) is 23.3. The molecule has 1 aromatic heterocycles. The number of hydrogen-bond donors (Lipinski definition) is 1. The summed E-state index contributed by atoms with van der Waals surface area (Å²) in [4.78, 5) is 11.3. The first-order valence-electron chi connectivity index (χ1n) is 10.3. The molecule has 28 heavy (non-hydrogen) atoms. The number of hydrogen-bond acceptors (Lipinski definition) is 6. The molecule has 0 spiro atoms. The van der Waals surface area contributed by atoms with Crippen molar-refractivity contribution in [1.82, 2.24) is 20.4 Å². The number of guanidine groups is 1. The van der Waals surface area contributed by atoms with Crippen LogP contribution in [0.25, 0.3) is 0 Å². The van der Waals surface area contributed by atoms with Crippen LogP contribution in [0.5, 0.6) is 0 Å². The number of rotatable bonds is 7. The largest absolute Gasteiger partial charge is 0.376 e. The Kier molecular flexibility index (Phi) is 10.5. The van der Waals surface area contributed by atoms with E-state index in [0.29, 0.717) is 36.9 Å². The standard InChI is InChI=1S/C19H33N5O3.HI/c1-3-20-19(21-10-7-18-22-15(2)23-27-18)24-11-8-16(9-12-24)26-14-17-6-4-5-13-25-17;/h16-17H,3-14H2,1-2H3,(H,20,21);1H. The van der Waals surface area contributed by atoms with E-state index in [4.69, 9.17) is 19.0 Å². The maximum Gasteiger partial charge on any atom is 0.228 e. The van der Waals surface area contributed by atoms with Crippen molar-refractivity contribution in [3.05, 3.63) is 11.7 Å². The van der Waals surface area contributed by atoms with Gasteiger partial charge in [0.25, 0.3) is 0 Å². The molecule has 160 valence electrons. The van der Waals surface area contributed by atoms with Crippen LogP contribution in [0.4, 0.5) is 0 Å². The fourth-order valence-electron chi connectivity index (χ4n) is 3.54. The zero-order valence-electron chi connectivity index (χ0n) is 17.1. The fourth-order valence-corrected chi connectivity index (χ4v) is 3.54. The van der Waals surface area contributed by atoms with Crippen molar-refractivity contribution in [3.63, 3.8) is 0 Å². The molecule has 0 aromatic carbocycles. The molecule has 1 aromatic rings. The molecule has 9 heteroatoms. The summed E-state index contributed by atoms with van der Waals surface area (Å²) in [5, 5.41) is 7.21. The van der Waals surface area contributed by atoms with Crippen molar-refractivity contribution in [3.8, 4) is 0 Å². The molecule has 2 saturated heterocycles. The summed E-state index contributed by atoms with van der Waals surface area (Å²) in [5.74, 6) is 2.27. The molecule has 1 N–H and O–H groups in total. The third-order valence-corrected chi connectivity index (χ3v) is 5.03. The minimum atomic E-state index is 0. The van der Waals surface area contributed by atoms with E-state index in [1.54, 1.807) is 0 Å². The molecule has 0 radical (unpaired) electrons. The van der Waals surface area contributed by atoms with Crippen LogP contribution in [0.15, 0.2) is 9.52 Å². The molecule has 1 atom stereocenters. The molecule has 3 heterocycles. The molecule has 2 aliphatic rings. The van der Waals surface area contributed by atoms with Gasteiger partial charge in [-0.2, -0.15) is 4.98 Å². The highest BCUT2D eigenvalue weighted by atomic mass is 127. The molecular weight excluding hydrogens is 473 g/mol. The first-order valence-corrected chi connectivity index (χ1v) is 10.3. The van der Waals surface area contributed by atoms with Crippen molar-refractivity contribution in [2.75, 3.05) is 39.4 Å². The predicted octanol–water partition coefficient (Wildman–Crippen LogP) is 2.55. The van der Waals surface area contributed by atoms with Gasteiger partial charge in [-0.25, -0.2) is 0 Å². The molecule has 0 aliphatic carbocycles. The van der Waals surface area contributed by atoms with Crippen LogP contribution in [-0.4, -0.2) is 72.6 Å². The summed E-state index contributed by atoms with van der Waals surface area (Å²) < 4.78 is 17.0. The summed E-state index contributed by atoms with van der Waals surface area (Å²) >= 11 is 0. The number of aryl methyl sites for hydroxylation is 1. The number of piperidine rings is 1. The van der Waals surface area contributed by atoms with Crippen molar-refractivity contribution >= 4 is 29.9 Å². The first-order chi connectivity index (χ1) is 13.2. The Morgan fingerprint density at radius 1 is 1.29 bits per heavy atom. The summed E-state index contributed by atoms with van der Waals surface area (Å²) in [7, 11) is 0. The Hall–Kier alpha value is -0.940. The zero-order valence-corrected chi connectivity index (χ0v) is 19.4. The monoisotopic (exact) mass is 507 g/mol. The van der Waals surface area contributed by atoms with Gasteiger partial charge in [0.15, 0.2) is 11.8 Å². The quantitative estimate of drug-likeness (QED) is 0.345. The van der Waals surface area contributed by atoms with E-state index in [-0.39, 0.29) is 24.0 Å². The Morgan fingerprint density at radius 3 is 2.75 bits per heavy atom. The maximum absolute atomic E-state index is 6.11. The van der Waals surface area contributed by atoms with E-state index in [2.05, 4.69) is 27.3 Å². The van der Waals surface area contributed by atoms with E-state index in [9.17, 15) is 0 Å². The van der Waals surface area contributed by atoms with E-state index in [0.717, 1.165) is 58.1 Å². The maximum atomic E-state index is 6.11. The van der Waals surface area contributed by atoms with Gasteiger partial charge in [0, 0.05) is 32.7 Å². The van der Waals surface area contributed by atoms with Gasteiger partial charge in [-0.15, -0.1) is 24.0 Å². The number of ether oxygens (including phenoxy) is 2. The lowest BCUT2D eigenvalue weighted by Gasteiger charge is -2.35. The number of aromatic nitrogens is 2. The molecule has 2 aliphatic heterocycles. The lowest BCUT2D eigenvalue weighted by molar-refractivity contribution is -0.0721. The van der Waals surface area contributed by atoms with Gasteiger partial charge in [0.2, 0.25) is 5.89 Å². The average Bonchev–Trinajstić information content (AvgIpc) is 3.12. The topological polar surface area (TPSA) is 85.0 Å². The third-order valence-electron chi connectivity index (χ3n) is 5.03. The van der Waals surface area contributed by atoms with Gasteiger partial charge >= 0.3 is 0 Å². The zero-order chi connectivity index (χ0) is 18.9. The Labute approximate surface area is 184 Å². The predicted molar refractivity (Wildman–Crippen MR) is 118 cm³/mol. The third kappa shape index (κ3) is 7.47. The van der Waals surface area contributed by atoms with Crippen LogP contribution in [0.1, 0.15) is 50.7 Å². The van der Waals surface area contributed by atoms with Gasteiger partial charge in [-0.1, -0.05) is 5.16 Å². The molecule has 0 amide bonds. The fraction of sp³-hybridized carbons (Fsp3) is 0.842. The number of aliphatic imine (C=N–C) groups is 1. The summed E-state index contributed by atoms with van der Waals surface area (Å²) in [6, 6.07) is 0. The van der Waals surface area contributed by atoms with Gasteiger partial charge < -0.3 is 24.2 Å². The van der Waals surface area contributed by atoms with Crippen LogP contribution in [-0.2, 0) is 15.9 Å². The van der Waals surface area contributed by atoms with E-state index in [1.807, 2.05) is 6.92 Å². The van der Waals surface area contributed by atoms with E-state index < -0.39 is 0 Å². The highest BCUT2D eigenvalue weighted by Crippen LogP contribution is 2.18. The number of halogens is 1. The van der Waals surface area contributed by atoms with Crippen LogP contribution >= 0.6 is 24.0 Å². The van der Waals surface area contributed by atoms with Crippen molar-refractivity contribution in [1.29, 1.82) is 0 Å². The van der Waals surface area contributed by atoms with Gasteiger partial charge in [-0.3, -0.25) is 4.99 Å². The molecule has 3 rings (SSSR count). The molecule has 0 bridgehead atoms. The van der Waals surface area contributed by atoms with Gasteiger partial charge in [0.05, 0.1) is 25.4 Å². The van der Waals surface area contributed by atoms with E-state index >= 15 is 0 Å². The Bertz CT molecular complexity index is 584. The highest BCUT2D eigenvalue weighted by molar-refractivity contribution is 14.0. The molecule has 2 fully saturated rings. The van der Waals surface area contributed by atoms with Crippen molar-refractivity contribution in [2.24, 2.45) is 4.99 Å². The second-order valence-electron chi connectivity index (χ2n) is 7.23. The van der Waals surface area contributed by atoms with Crippen LogP contribution in [0.3, 0.4) is 0 Å². The minimum absolute atomic E-state index is 0. The summed E-state index contributed by atoms with van der Waals surface area (Å²) in [5.41, 5.74) is 0. The normalized spacial score (nSPS) is 21.4. The number of nitrogens with zero attached hydrogens (tertiary/aromatic N) is 4. The van der Waals surface area contributed by atoms with Crippen molar-refractivity contribution < 1.29 is 14.0 Å². The smallest absolute Gasteiger partial charge is 0.228 e. The van der Waals surface area contributed by atoms with Crippen LogP contribution in [0, 0.1) is 6.92 Å². The summed E-state index contributed by atoms with van der Waals surface area (Å²) in [6.07, 6.45) is 6.93. The molecular formula is C19H34IN5O3. The lowest BCUT2D eigenvalue weighted by Crippen LogP contribution is -2.47. The Morgan fingerprint density at radius 2 is 2.11 bits per heavy atom. The van der Waals surface area contributed by atoms with Crippen LogP contribution < -0.4 is 5.32 Å². The van der Waals surface area contributed by atoms with Gasteiger partial charge in [-0.05, 0) is 46.0 Å². The van der Waals surface area contributed by atoms with E-state index in [1.165, 1.54) is 12.8 Å².